The molecule has 1 aliphatic rings. The summed E-state index contributed by atoms with van der Waals surface area (Å²) in [6.07, 6.45) is 0. The van der Waals surface area contributed by atoms with Crippen LogP contribution >= 0.6 is 12.2 Å². The molecule has 4 nitrogen and oxygen atoms in total. The number of benzene rings is 1. The molecular weight excluding hydrogens is 282 g/mol. The van der Waals surface area contributed by atoms with E-state index >= 15 is 0 Å². The van der Waals surface area contributed by atoms with Crippen molar-refractivity contribution in [3.05, 3.63) is 35.9 Å². The van der Waals surface area contributed by atoms with Crippen molar-refractivity contribution in [1.82, 2.24) is 9.80 Å². The second kappa shape index (κ2) is 6.12. The summed E-state index contributed by atoms with van der Waals surface area (Å²) in [6, 6.07) is 10.2. The summed E-state index contributed by atoms with van der Waals surface area (Å²) in [5, 5.41) is 0. The fraction of sp³-hybridized carbons (Fsp3) is 0.500. The lowest BCUT2D eigenvalue weighted by atomic mass is 9.89. The molecule has 1 atom stereocenters. The summed E-state index contributed by atoms with van der Waals surface area (Å²) >= 11 is 5.08. The van der Waals surface area contributed by atoms with E-state index in [1.54, 1.807) is 13.8 Å². The smallest absolute Gasteiger partial charge is 0.235 e. The third-order valence-electron chi connectivity index (χ3n) is 4.18. The molecule has 1 heterocycles. The number of piperazine rings is 1. The molecule has 1 amide bonds. The molecule has 2 rings (SSSR count). The van der Waals surface area contributed by atoms with Gasteiger partial charge in [-0.3, -0.25) is 4.79 Å². The van der Waals surface area contributed by atoms with Crippen LogP contribution in [-0.4, -0.2) is 47.4 Å². The Morgan fingerprint density at radius 1 is 1.29 bits per heavy atom. The van der Waals surface area contributed by atoms with Gasteiger partial charge in [-0.2, -0.15) is 0 Å². The van der Waals surface area contributed by atoms with Gasteiger partial charge in [0.1, 0.15) is 0 Å². The molecule has 114 valence electrons. The van der Waals surface area contributed by atoms with Crippen LogP contribution in [0.1, 0.15) is 25.5 Å². The Morgan fingerprint density at radius 3 is 2.48 bits per heavy atom. The molecule has 1 aromatic rings. The number of hydrogen-bond donors (Lipinski definition) is 1. The van der Waals surface area contributed by atoms with Crippen LogP contribution in [0.25, 0.3) is 0 Å². The summed E-state index contributed by atoms with van der Waals surface area (Å²) in [7, 11) is 2.08. The zero-order valence-corrected chi connectivity index (χ0v) is 13.7. The van der Waals surface area contributed by atoms with E-state index in [4.69, 9.17) is 18.0 Å². The molecule has 5 heteroatoms. The van der Waals surface area contributed by atoms with Crippen LogP contribution in [-0.2, 0) is 4.79 Å². The second-order valence-electron chi connectivity index (χ2n) is 6.18. The van der Waals surface area contributed by atoms with E-state index in [1.165, 1.54) is 0 Å². The number of carbonyl (C=O) groups is 1. The van der Waals surface area contributed by atoms with Crippen molar-refractivity contribution >= 4 is 23.1 Å². The largest absolute Gasteiger partial charge is 0.392 e. The third-order valence-corrected chi connectivity index (χ3v) is 4.69. The maximum absolute atomic E-state index is 12.9. The van der Waals surface area contributed by atoms with E-state index in [0.717, 1.165) is 18.7 Å². The lowest BCUT2D eigenvalue weighted by Gasteiger charge is -2.43. The van der Waals surface area contributed by atoms with E-state index in [2.05, 4.69) is 24.1 Å². The SMILES string of the molecule is CN1CCN(C(=O)C(C)(C)C(N)=S)C(c2ccccc2)C1. The number of thiocarbonyl (C=S) groups is 1. The first-order valence-corrected chi connectivity index (χ1v) is 7.59. The van der Waals surface area contributed by atoms with Crippen LogP contribution in [0.5, 0.6) is 0 Å². The van der Waals surface area contributed by atoms with E-state index in [9.17, 15) is 4.79 Å². The van der Waals surface area contributed by atoms with Crippen molar-refractivity contribution in [3.8, 4) is 0 Å². The van der Waals surface area contributed by atoms with Crippen molar-refractivity contribution in [2.45, 2.75) is 19.9 Å². The van der Waals surface area contributed by atoms with Gasteiger partial charge in [0.15, 0.2) is 0 Å². The lowest BCUT2D eigenvalue weighted by molar-refractivity contribution is -0.142. The van der Waals surface area contributed by atoms with Crippen molar-refractivity contribution in [1.29, 1.82) is 0 Å². The van der Waals surface area contributed by atoms with E-state index in [1.807, 2.05) is 23.1 Å². The minimum atomic E-state index is -0.807. The number of amides is 1. The first-order valence-electron chi connectivity index (χ1n) is 7.18. The van der Waals surface area contributed by atoms with Gasteiger partial charge in [0.05, 0.1) is 16.4 Å². The van der Waals surface area contributed by atoms with Gasteiger partial charge in [0.2, 0.25) is 5.91 Å². The highest BCUT2D eigenvalue weighted by Gasteiger charge is 2.39. The van der Waals surface area contributed by atoms with Crippen molar-refractivity contribution < 1.29 is 4.79 Å². The average Bonchev–Trinajstić information content (AvgIpc) is 2.47. The van der Waals surface area contributed by atoms with Crippen LogP contribution in [0.4, 0.5) is 0 Å². The molecule has 1 saturated heterocycles. The van der Waals surface area contributed by atoms with Gasteiger partial charge < -0.3 is 15.5 Å². The van der Waals surface area contributed by atoms with Gasteiger partial charge in [0.25, 0.3) is 0 Å². The fourth-order valence-electron chi connectivity index (χ4n) is 2.59. The molecule has 1 fully saturated rings. The van der Waals surface area contributed by atoms with Gasteiger partial charge in [0, 0.05) is 19.6 Å². The van der Waals surface area contributed by atoms with Crippen LogP contribution in [0.2, 0.25) is 0 Å². The van der Waals surface area contributed by atoms with E-state index in [-0.39, 0.29) is 16.9 Å². The maximum atomic E-state index is 12.9. The molecule has 21 heavy (non-hydrogen) atoms. The van der Waals surface area contributed by atoms with Crippen LogP contribution in [0.3, 0.4) is 0 Å². The molecular formula is C16H23N3OS. The average molecular weight is 305 g/mol. The van der Waals surface area contributed by atoms with Crippen molar-refractivity contribution in [3.63, 3.8) is 0 Å². The van der Waals surface area contributed by atoms with Gasteiger partial charge >= 0.3 is 0 Å². The molecule has 0 saturated carbocycles. The Hall–Kier alpha value is -1.46. The zero-order valence-electron chi connectivity index (χ0n) is 12.9. The number of nitrogens with two attached hydrogens (primary N) is 1. The lowest BCUT2D eigenvalue weighted by Crippen LogP contribution is -2.55. The molecule has 0 spiro atoms. The second-order valence-corrected chi connectivity index (χ2v) is 6.62. The van der Waals surface area contributed by atoms with Gasteiger partial charge in [-0.1, -0.05) is 42.5 Å². The molecule has 0 aliphatic carbocycles. The quantitative estimate of drug-likeness (QED) is 0.865. The molecule has 2 N–H and O–H groups in total. The highest BCUT2D eigenvalue weighted by molar-refractivity contribution is 7.80. The highest BCUT2D eigenvalue weighted by atomic mass is 32.1. The molecule has 0 aromatic heterocycles. The first kappa shape index (κ1) is 15.9. The Bertz CT molecular complexity index is 530. The Balaban J connectivity index is 2.31. The van der Waals surface area contributed by atoms with E-state index < -0.39 is 5.41 Å². The predicted octanol–water partition coefficient (Wildman–Crippen LogP) is 1.81. The minimum Gasteiger partial charge on any atom is -0.392 e. The van der Waals surface area contributed by atoms with Gasteiger partial charge in [-0.25, -0.2) is 0 Å². The fourth-order valence-corrected chi connectivity index (χ4v) is 2.67. The third kappa shape index (κ3) is 3.24. The Labute approximate surface area is 131 Å². The summed E-state index contributed by atoms with van der Waals surface area (Å²) < 4.78 is 0. The van der Waals surface area contributed by atoms with Crippen LogP contribution in [0.15, 0.2) is 30.3 Å². The molecule has 1 aliphatic heterocycles. The Morgan fingerprint density at radius 2 is 1.90 bits per heavy atom. The summed E-state index contributed by atoms with van der Waals surface area (Å²) in [4.78, 5) is 17.3. The van der Waals surface area contributed by atoms with Crippen LogP contribution < -0.4 is 5.73 Å². The number of hydrogen-bond acceptors (Lipinski definition) is 3. The standard InChI is InChI=1S/C16H23N3OS/c1-16(2,14(17)21)15(20)19-10-9-18(3)11-13(19)12-7-5-4-6-8-12/h4-8,13H,9-11H2,1-3H3,(H2,17,21). The van der Waals surface area contributed by atoms with E-state index in [0.29, 0.717) is 6.54 Å². The number of rotatable bonds is 3. The van der Waals surface area contributed by atoms with Crippen molar-refractivity contribution in [2.75, 3.05) is 26.7 Å². The first-order chi connectivity index (χ1) is 9.84. The Kier molecular flexibility index (Phi) is 4.64. The van der Waals surface area contributed by atoms with Gasteiger partial charge in [-0.05, 0) is 26.5 Å². The maximum Gasteiger partial charge on any atom is 0.235 e. The number of carbonyl (C=O) groups excluding carboxylic acids is 1. The predicted molar refractivity (Wildman–Crippen MR) is 89.0 cm³/mol. The molecule has 0 radical (unpaired) electrons. The zero-order chi connectivity index (χ0) is 15.6. The van der Waals surface area contributed by atoms with Gasteiger partial charge in [-0.15, -0.1) is 0 Å². The summed E-state index contributed by atoms with van der Waals surface area (Å²) in [5.74, 6) is 0.0111. The molecule has 1 unspecified atom stereocenters. The minimum absolute atomic E-state index is 0.0111. The number of likely N-dealkylation sites (N-methyl/N-ethyl adjacent to an activating group) is 1. The summed E-state index contributed by atoms with van der Waals surface area (Å²) in [6.45, 7) is 5.99. The molecule has 0 bridgehead atoms. The number of nitrogens with zero attached hydrogens (tertiary/aromatic N) is 2. The topological polar surface area (TPSA) is 49.6 Å². The summed E-state index contributed by atoms with van der Waals surface area (Å²) in [5.41, 5.74) is 6.10. The molecule has 1 aromatic carbocycles. The van der Waals surface area contributed by atoms with Crippen molar-refractivity contribution in [2.24, 2.45) is 11.1 Å². The monoisotopic (exact) mass is 305 g/mol. The normalized spacial score (nSPS) is 20.3. The highest BCUT2D eigenvalue weighted by Crippen LogP contribution is 2.30. The van der Waals surface area contributed by atoms with Crippen LogP contribution in [0, 0.1) is 5.41 Å².